The molecule has 6 nitrogen and oxygen atoms in total. The fourth-order valence-electron chi connectivity index (χ4n) is 2.30. The standard InChI is InChI=1S/C18H20N2O4/c1-2-6-16(14-7-4-3-5-8-14)19-17(21)13-24-18(22)15-9-11-20(23)12-10-15/h3-5,7-12,16H,2,6,13H2,1H3,(H,19,21)/t16-/m1/s1. The topological polar surface area (TPSA) is 82.3 Å². The second-order valence-electron chi connectivity index (χ2n) is 5.34. The minimum atomic E-state index is -0.641. The van der Waals surface area contributed by atoms with Gasteiger partial charge in [-0.25, -0.2) is 4.79 Å². The average molecular weight is 328 g/mol. The summed E-state index contributed by atoms with van der Waals surface area (Å²) in [6.07, 6.45) is 4.11. The number of rotatable bonds is 7. The third-order valence-electron chi connectivity index (χ3n) is 3.49. The summed E-state index contributed by atoms with van der Waals surface area (Å²) in [4.78, 5) is 23.9. The number of ether oxygens (including phenoxy) is 1. The fraction of sp³-hybridized carbons (Fsp3) is 0.278. The van der Waals surface area contributed by atoms with Crippen LogP contribution in [0.5, 0.6) is 0 Å². The van der Waals surface area contributed by atoms with E-state index in [0.717, 1.165) is 18.4 Å². The molecule has 1 amide bonds. The van der Waals surface area contributed by atoms with Crippen molar-refractivity contribution >= 4 is 11.9 Å². The van der Waals surface area contributed by atoms with Crippen molar-refractivity contribution < 1.29 is 19.1 Å². The Morgan fingerprint density at radius 2 is 1.83 bits per heavy atom. The Labute approximate surface area is 140 Å². The monoisotopic (exact) mass is 328 g/mol. The van der Waals surface area contributed by atoms with Crippen LogP contribution < -0.4 is 10.0 Å². The predicted molar refractivity (Wildman–Crippen MR) is 87.9 cm³/mol. The highest BCUT2D eigenvalue weighted by Crippen LogP contribution is 2.17. The molecule has 0 radical (unpaired) electrons. The van der Waals surface area contributed by atoms with Crippen LogP contribution in [-0.2, 0) is 9.53 Å². The molecule has 1 aromatic heterocycles. The average Bonchev–Trinajstić information content (AvgIpc) is 2.60. The van der Waals surface area contributed by atoms with Crippen molar-refractivity contribution in [2.75, 3.05) is 6.61 Å². The van der Waals surface area contributed by atoms with Crippen molar-refractivity contribution in [2.45, 2.75) is 25.8 Å². The fourth-order valence-corrected chi connectivity index (χ4v) is 2.30. The van der Waals surface area contributed by atoms with E-state index in [1.165, 1.54) is 24.5 Å². The molecule has 0 saturated carbocycles. The van der Waals surface area contributed by atoms with Gasteiger partial charge in [0.05, 0.1) is 11.6 Å². The lowest BCUT2D eigenvalue weighted by Crippen LogP contribution is -2.32. The van der Waals surface area contributed by atoms with E-state index in [2.05, 4.69) is 5.32 Å². The van der Waals surface area contributed by atoms with Crippen LogP contribution >= 0.6 is 0 Å². The van der Waals surface area contributed by atoms with Gasteiger partial charge in [-0.05, 0) is 12.0 Å². The minimum absolute atomic E-state index is 0.112. The van der Waals surface area contributed by atoms with Crippen molar-refractivity contribution in [3.63, 3.8) is 0 Å². The van der Waals surface area contributed by atoms with E-state index >= 15 is 0 Å². The number of carbonyl (C=O) groups is 2. The van der Waals surface area contributed by atoms with Gasteiger partial charge >= 0.3 is 5.97 Å². The highest BCUT2D eigenvalue weighted by Gasteiger charge is 2.16. The van der Waals surface area contributed by atoms with Gasteiger partial charge < -0.3 is 15.3 Å². The number of amides is 1. The molecular weight excluding hydrogens is 308 g/mol. The molecule has 2 aromatic rings. The van der Waals surface area contributed by atoms with E-state index in [0.29, 0.717) is 4.73 Å². The Morgan fingerprint density at radius 3 is 2.46 bits per heavy atom. The summed E-state index contributed by atoms with van der Waals surface area (Å²) in [7, 11) is 0. The maximum Gasteiger partial charge on any atom is 0.339 e. The summed E-state index contributed by atoms with van der Waals surface area (Å²) < 4.78 is 5.55. The van der Waals surface area contributed by atoms with Gasteiger partial charge in [0.2, 0.25) is 0 Å². The van der Waals surface area contributed by atoms with Crippen molar-refractivity contribution in [3.8, 4) is 0 Å². The van der Waals surface area contributed by atoms with Crippen LogP contribution in [0.15, 0.2) is 54.9 Å². The molecule has 0 bridgehead atoms. The van der Waals surface area contributed by atoms with E-state index in [1.807, 2.05) is 37.3 Å². The highest BCUT2D eigenvalue weighted by molar-refractivity contribution is 5.91. The molecule has 1 atom stereocenters. The maximum atomic E-state index is 12.0. The first kappa shape index (κ1) is 17.5. The molecule has 0 aliphatic heterocycles. The third kappa shape index (κ3) is 5.08. The van der Waals surface area contributed by atoms with E-state index in [9.17, 15) is 14.8 Å². The number of esters is 1. The molecule has 0 saturated heterocycles. The Bertz CT molecular complexity index is 671. The summed E-state index contributed by atoms with van der Waals surface area (Å²) in [5.41, 5.74) is 1.24. The van der Waals surface area contributed by atoms with Gasteiger partial charge in [0.1, 0.15) is 0 Å². The van der Waals surface area contributed by atoms with Crippen LogP contribution in [0, 0.1) is 5.21 Å². The van der Waals surface area contributed by atoms with Gasteiger partial charge in [-0.2, -0.15) is 4.73 Å². The third-order valence-corrected chi connectivity index (χ3v) is 3.49. The summed E-state index contributed by atoms with van der Waals surface area (Å²) in [6.45, 7) is 1.68. The first-order valence-corrected chi connectivity index (χ1v) is 7.80. The van der Waals surface area contributed by atoms with Gasteiger partial charge in [0, 0.05) is 12.1 Å². The van der Waals surface area contributed by atoms with Crippen LogP contribution in [0.1, 0.15) is 41.7 Å². The van der Waals surface area contributed by atoms with E-state index in [-0.39, 0.29) is 24.1 Å². The number of aromatic nitrogens is 1. The second kappa shape index (κ2) is 8.67. The van der Waals surface area contributed by atoms with Gasteiger partial charge in [0.15, 0.2) is 19.0 Å². The number of nitrogens with one attached hydrogen (secondary N) is 1. The van der Waals surface area contributed by atoms with Crippen molar-refractivity contribution in [2.24, 2.45) is 0 Å². The zero-order valence-corrected chi connectivity index (χ0v) is 13.5. The SMILES string of the molecule is CCC[C@@H](NC(=O)COC(=O)c1cc[n+]([O-])cc1)c1ccccc1. The lowest BCUT2D eigenvalue weighted by molar-refractivity contribution is -0.605. The molecule has 1 aromatic carbocycles. The Kier molecular flexibility index (Phi) is 6.31. The Hall–Kier alpha value is -2.89. The lowest BCUT2D eigenvalue weighted by atomic mass is 10.0. The number of nitrogens with zero attached hydrogens (tertiary/aromatic N) is 1. The van der Waals surface area contributed by atoms with Crippen molar-refractivity contribution in [3.05, 3.63) is 71.2 Å². The minimum Gasteiger partial charge on any atom is -0.619 e. The number of pyridine rings is 1. The molecular formula is C18H20N2O4. The summed E-state index contributed by atoms with van der Waals surface area (Å²) in [5.74, 6) is -1.00. The van der Waals surface area contributed by atoms with E-state index < -0.39 is 5.97 Å². The lowest BCUT2D eigenvalue weighted by Gasteiger charge is -2.18. The smallest absolute Gasteiger partial charge is 0.339 e. The second-order valence-corrected chi connectivity index (χ2v) is 5.34. The van der Waals surface area contributed by atoms with Gasteiger partial charge in [-0.15, -0.1) is 0 Å². The van der Waals surface area contributed by atoms with Crippen LogP contribution in [-0.4, -0.2) is 18.5 Å². The first-order valence-electron chi connectivity index (χ1n) is 7.80. The molecule has 0 spiro atoms. The van der Waals surface area contributed by atoms with E-state index in [4.69, 9.17) is 4.74 Å². The van der Waals surface area contributed by atoms with Crippen molar-refractivity contribution in [1.29, 1.82) is 0 Å². The quantitative estimate of drug-likeness (QED) is 0.479. The van der Waals surface area contributed by atoms with Gasteiger partial charge in [-0.3, -0.25) is 4.79 Å². The number of carbonyl (C=O) groups excluding carboxylic acids is 2. The molecule has 0 aliphatic carbocycles. The normalized spacial score (nSPS) is 11.5. The van der Waals surface area contributed by atoms with Crippen LogP contribution in [0.4, 0.5) is 0 Å². The zero-order chi connectivity index (χ0) is 17.4. The van der Waals surface area contributed by atoms with Crippen molar-refractivity contribution in [1.82, 2.24) is 5.32 Å². The predicted octanol–water partition coefficient (Wildman–Crippen LogP) is 2.13. The van der Waals surface area contributed by atoms with Gasteiger partial charge in [0.25, 0.3) is 5.91 Å². The number of hydrogen-bond acceptors (Lipinski definition) is 4. The number of benzene rings is 1. The molecule has 0 unspecified atom stereocenters. The molecule has 2 rings (SSSR count). The van der Waals surface area contributed by atoms with Crippen LogP contribution in [0.25, 0.3) is 0 Å². The van der Waals surface area contributed by atoms with Crippen LogP contribution in [0.3, 0.4) is 0 Å². The molecule has 1 N–H and O–H groups in total. The molecule has 6 heteroatoms. The first-order chi connectivity index (χ1) is 11.6. The van der Waals surface area contributed by atoms with E-state index in [1.54, 1.807) is 0 Å². The molecule has 0 fully saturated rings. The van der Waals surface area contributed by atoms with Gasteiger partial charge in [-0.1, -0.05) is 43.7 Å². The summed E-state index contributed by atoms with van der Waals surface area (Å²) >= 11 is 0. The zero-order valence-electron chi connectivity index (χ0n) is 13.5. The van der Waals surface area contributed by atoms with Crippen LogP contribution in [0.2, 0.25) is 0 Å². The summed E-state index contributed by atoms with van der Waals surface area (Å²) in [5, 5.41) is 13.8. The highest BCUT2D eigenvalue weighted by atomic mass is 16.5. The molecule has 1 heterocycles. The Balaban J connectivity index is 1.89. The number of hydrogen-bond donors (Lipinski definition) is 1. The molecule has 24 heavy (non-hydrogen) atoms. The summed E-state index contributed by atoms with van der Waals surface area (Å²) in [6, 6.07) is 12.2. The molecule has 0 aliphatic rings. The molecule has 126 valence electrons. The largest absolute Gasteiger partial charge is 0.619 e. The Morgan fingerprint density at radius 1 is 1.17 bits per heavy atom. The maximum absolute atomic E-state index is 12.0.